The third-order valence-electron chi connectivity index (χ3n) is 4.66. The highest BCUT2D eigenvalue weighted by atomic mass is 16.1. The molecule has 2 N–H and O–H groups in total. The van der Waals surface area contributed by atoms with Crippen molar-refractivity contribution in [3.8, 4) is 0 Å². The second kappa shape index (κ2) is 5.85. The summed E-state index contributed by atoms with van der Waals surface area (Å²) in [6.07, 6.45) is 9.71. The molecule has 17 heavy (non-hydrogen) atoms. The summed E-state index contributed by atoms with van der Waals surface area (Å²) < 4.78 is 0. The maximum Gasteiger partial charge on any atom is 0.221 e. The molecule has 1 saturated heterocycles. The number of hydrogen-bond donors (Lipinski definition) is 2. The van der Waals surface area contributed by atoms with Crippen LogP contribution in [-0.4, -0.2) is 25.0 Å². The van der Waals surface area contributed by atoms with Crippen molar-refractivity contribution in [3.63, 3.8) is 0 Å². The van der Waals surface area contributed by atoms with Gasteiger partial charge in [-0.05, 0) is 37.5 Å². The highest BCUT2D eigenvalue weighted by Gasteiger charge is 2.32. The van der Waals surface area contributed by atoms with Gasteiger partial charge in [-0.1, -0.05) is 19.8 Å². The number of rotatable bonds is 4. The molecule has 0 spiro atoms. The van der Waals surface area contributed by atoms with Crippen molar-refractivity contribution in [3.05, 3.63) is 0 Å². The predicted molar refractivity (Wildman–Crippen MR) is 69.8 cm³/mol. The van der Waals surface area contributed by atoms with Crippen molar-refractivity contribution in [2.75, 3.05) is 13.1 Å². The Morgan fingerprint density at radius 2 is 2.12 bits per heavy atom. The highest BCUT2D eigenvalue weighted by molar-refractivity contribution is 5.76. The molecule has 1 atom stereocenters. The average molecular weight is 238 g/mol. The molecule has 2 rings (SSSR count). The smallest absolute Gasteiger partial charge is 0.221 e. The van der Waals surface area contributed by atoms with Crippen LogP contribution in [0.2, 0.25) is 0 Å². The standard InChI is InChI=1S/C14H26N2O/c1-2-14(7-3-4-8-14)11-16-12-6-5-9-15-13(17)10-12/h12,16H,2-11H2,1H3,(H,15,17). The van der Waals surface area contributed by atoms with Crippen LogP contribution in [0.5, 0.6) is 0 Å². The average Bonchev–Trinajstić information content (AvgIpc) is 2.71. The van der Waals surface area contributed by atoms with Gasteiger partial charge in [0.1, 0.15) is 0 Å². The van der Waals surface area contributed by atoms with Crippen LogP contribution in [0.1, 0.15) is 58.3 Å². The van der Waals surface area contributed by atoms with Gasteiger partial charge in [-0.15, -0.1) is 0 Å². The summed E-state index contributed by atoms with van der Waals surface area (Å²) in [6.45, 7) is 4.28. The van der Waals surface area contributed by atoms with E-state index in [9.17, 15) is 4.79 Å². The maximum absolute atomic E-state index is 11.5. The predicted octanol–water partition coefficient (Wildman–Crippen LogP) is 2.22. The molecule has 3 heteroatoms. The first kappa shape index (κ1) is 12.9. The molecule has 1 amide bonds. The van der Waals surface area contributed by atoms with Gasteiger partial charge in [0.15, 0.2) is 0 Å². The fourth-order valence-electron chi connectivity index (χ4n) is 3.29. The molecule has 98 valence electrons. The number of nitrogens with one attached hydrogen (secondary N) is 2. The highest BCUT2D eigenvalue weighted by Crippen LogP contribution is 2.40. The summed E-state index contributed by atoms with van der Waals surface area (Å²) in [4.78, 5) is 11.5. The Kier molecular flexibility index (Phi) is 4.43. The lowest BCUT2D eigenvalue weighted by atomic mass is 9.83. The Hall–Kier alpha value is -0.570. The van der Waals surface area contributed by atoms with Gasteiger partial charge < -0.3 is 10.6 Å². The number of carbonyl (C=O) groups excluding carboxylic acids is 1. The Labute approximate surface area is 105 Å². The fourth-order valence-corrected chi connectivity index (χ4v) is 3.29. The molecule has 0 aromatic heterocycles. The van der Waals surface area contributed by atoms with Crippen molar-refractivity contribution >= 4 is 5.91 Å². The van der Waals surface area contributed by atoms with E-state index in [0.29, 0.717) is 17.9 Å². The zero-order valence-electron chi connectivity index (χ0n) is 11.1. The molecule has 0 bridgehead atoms. The van der Waals surface area contributed by atoms with E-state index in [1.807, 2.05) is 0 Å². The largest absolute Gasteiger partial charge is 0.356 e. The molecule has 0 aromatic carbocycles. The van der Waals surface area contributed by atoms with Crippen LogP contribution in [0, 0.1) is 5.41 Å². The van der Waals surface area contributed by atoms with E-state index < -0.39 is 0 Å². The van der Waals surface area contributed by atoms with Gasteiger partial charge in [0, 0.05) is 25.6 Å². The SMILES string of the molecule is CCC1(CNC2CCCNC(=O)C2)CCCC1. The zero-order valence-corrected chi connectivity index (χ0v) is 11.1. The van der Waals surface area contributed by atoms with Gasteiger partial charge in [0.25, 0.3) is 0 Å². The molecule has 1 heterocycles. The molecule has 2 fully saturated rings. The second-order valence-electron chi connectivity index (χ2n) is 5.83. The summed E-state index contributed by atoms with van der Waals surface area (Å²) in [7, 11) is 0. The second-order valence-corrected chi connectivity index (χ2v) is 5.83. The summed E-state index contributed by atoms with van der Waals surface area (Å²) >= 11 is 0. The summed E-state index contributed by atoms with van der Waals surface area (Å²) in [5.74, 6) is 0.219. The van der Waals surface area contributed by atoms with Crippen LogP contribution < -0.4 is 10.6 Å². The lowest BCUT2D eigenvalue weighted by Crippen LogP contribution is -2.39. The Morgan fingerprint density at radius 1 is 1.35 bits per heavy atom. The minimum atomic E-state index is 0.219. The van der Waals surface area contributed by atoms with Crippen LogP contribution in [-0.2, 0) is 4.79 Å². The molecule has 1 unspecified atom stereocenters. The molecule has 0 radical (unpaired) electrons. The topological polar surface area (TPSA) is 41.1 Å². The van der Waals surface area contributed by atoms with E-state index in [-0.39, 0.29) is 5.91 Å². The first-order valence-electron chi connectivity index (χ1n) is 7.24. The van der Waals surface area contributed by atoms with Gasteiger partial charge in [0.2, 0.25) is 5.91 Å². The van der Waals surface area contributed by atoms with E-state index in [4.69, 9.17) is 0 Å². The third-order valence-corrected chi connectivity index (χ3v) is 4.66. The Balaban J connectivity index is 1.81. The quantitative estimate of drug-likeness (QED) is 0.788. The van der Waals surface area contributed by atoms with E-state index >= 15 is 0 Å². The van der Waals surface area contributed by atoms with Gasteiger partial charge in [-0.3, -0.25) is 4.79 Å². The van der Waals surface area contributed by atoms with Crippen LogP contribution in [0.25, 0.3) is 0 Å². The summed E-state index contributed by atoms with van der Waals surface area (Å²) in [5, 5.41) is 6.61. The van der Waals surface area contributed by atoms with Gasteiger partial charge >= 0.3 is 0 Å². The molecule has 1 saturated carbocycles. The molecule has 0 aromatic rings. The molecule has 1 aliphatic carbocycles. The van der Waals surface area contributed by atoms with Crippen molar-refractivity contribution in [2.45, 2.75) is 64.3 Å². The van der Waals surface area contributed by atoms with Crippen molar-refractivity contribution in [2.24, 2.45) is 5.41 Å². The van der Waals surface area contributed by atoms with Crippen LogP contribution in [0.3, 0.4) is 0 Å². The lowest BCUT2D eigenvalue weighted by Gasteiger charge is -2.30. The van der Waals surface area contributed by atoms with Crippen LogP contribution in [0.4, 0.5) is 0 Å². The van der Waals surface area contributed by atoms with E-state index in [0.717, 1.165) is 25.9 Å². The number of hydrogen-bond acceptors (Lipinski definition) is 2. The molecular formula is C14H26N2O. The number of amides is 1. The lowest BCUT2D eigenvalue weighted by molar-refractivity contribution is -0.121. The zero-order chi connectivity index (χ0) is 12.1. The molecular weight excluding hydrogens is 212 g/mol. The van der Waals surface area contributed by atoms with E-state index in [1.54, 1.807) is 0 Å². The van der Waals surface area contributed by atoms with Gasteiger partial charge in [-0.25, -0.2) is 0 Å². The van der Waals surface area contributed by atoms with E-state index in [1.165, 1.54) is 32.1 Å². The molecule has 2 aliphatic rings. The molecule has 1 aliphatic heterocycles. The van der Waals surface area contributed by atoms with E-state index in [2.05, 4.69) is 17.6 Å². The Bertz CT molecular complexity index is 259. The van der Waals surface area contributed by atoms with Crippen LogP contribution >= 0.6 is 0 Å². The minimum Gasteiger partial charge on any atom is -0.356 e. The fraction of sp³-hybridized carbons (Fsp3) is 0.929. The Morgan fingerprint density at radius 3 is 2.82 bits per heavy atom. The normalized spacial score (nSPS) is 28.8. The summed E-state index contributed by atoms with van der Waals surface area (Å²) in [5.41, 5.74) is 0.531. The van der Waals surface area contributed by atoms with Gasteiger partial charge in [0.05, 0.1) is 0 Å². The minimum absolute atomic E-state index is 0.219. The summed E-state index contributed by atoms with van der Waals surface area (Å²) in [6, 6.07) is 0.404. The first-order valence-corrected chi connectivity index (χ1v) is 7.24. The van der Waals surface area contributed by atoms with Gasteiger partial charge in [-0.2, -0.15) is 0 Å². The van der Waals surface area contributed by atoms with Crippen molar-refractivity contribution < 1.29 is 4.79 Å². The van der Waals surface area contributed by atoms with Crippen LogP contribution in [0.15, 0.2) is 0 Å². The van der Waals surface area contributed by atoms with Crippen molar-refractivity contribution in [1.29, 1.82) is 0 Å². The first-order chi connectivity index (χ1) is 8.24. The molecule has 3 nitrogen and oxygen atoms in total. The van der Waals surface area contributed by atoms with Crippen molar-refractivity contribution in [1.82, 2.24) is 10.6 Å². The maximum atomic E-state index is 11.5. The third kappa shape index (κ3) is 3.44. The monoisotopic (exact) mass is 238 g/mol. The number of carbonyl (C=O) groups is 1.